The number of oxazole rings is 1. The first-order chi connectivity index (χ1) is 10.2. The summed E-state index contributed by atoms with van der Waals surface area (Å²) in [5, 5.41) is 0. The zero-order valence-electron chi connectivity index (χ0n) is 12.1. The van der Waals surface area contributed by atoms with E-state index in [9.17, 15) is 0 Å². The Bertz CT molecular complexity index is 815. The number of nitrogens with two attached hydrogens (primary N) is 1. The minimum Gasteiger partial charge on any atom is -0.439 e. The number of nitrogen functional groups attached to an aromatic ring is 1. The molecule has 2 N–H and O–H groups in total. The monoisotopic (exact) mass is 282 g/mol. The minimum atomic E-state index is 0.642. The molecule has 0 unspecified atom stereocenters. The van der Waals surface area contributed by atoms with E-state index in [1.165, 1.54) is 24.2 Å². The molecule has 5 nitrogen and oxygen atoms in total. The topological polar surface area (TPSA) is 69.9 Å². The largest absolute Gasteiger partial charge is 0.439 e. The SMILES string of the molecule is Cc1nc2c(n1Cc1nc3ccc(N)cc3o1)CCCC2. The predicted molar refractivity (Wildman–Crippen MR) is 81.1 cm³/mol. The molecule has 0 atom stereocenters. The van der Waals surface area contributed by atoms with Gasteiger partial charge in [-0.2, -0.15) is 0 Å². The predicted octanol–water partition coefficient (Wildman–Crippen LogP) is 2.84. The highest BCUT2D eigenvalue weighted by Gasteiger charge is 2.19. The molecule has 1 aromatic carbocycles. The fourth-order valence-electron chi connectivity index (χ4n) is 3.14. The van der Waals surface area contributed by atoms with Gasteiger partial charge in [-0.25, -0.2) is 9.97 Å². The number of rotatable bonds is 2. The van der Waals surface area contributed by atoms with E-state index in [0.717, 1.165) is 29.8 Å². The third-order valence-electron chi connectivity index (χ3n) is 4.17. The number of benzene rings is 1. The molecule has 108 valence electrons. The highest BCUT2D eigenvalue weighted by Crippen LogP contribution is 2.24. The maximum atomic E-state index is 5.83. The van der Waals surface area contributed by atoms with Gasteiger partial charge in [0.05, 0.1) is 5.69 Å². The van der Waals surface area contributed by atoms with Gasteiger partial charge >= 0.3 is 0 Å². The molecular formula is C16H18N4O. The number of anilines is 1. The van der Waals surface area contributed by atoms with E-state index in [1.54, 1.807) is 0 Å². The summed E-state index contributed by atoms with van der Waals surface area (Å²) in [6.45, 7) is 2.70. The number of fused-ring (bicyclic) bond motifs is 2. The molecular weight excluding hydrogens is 264 g/mol. The third-order valence-corrected chi connectivity index (χ3v) is 4.17. The van der Waals surface area contributed by atoms with Crippen molar-refractivity contribution < 1.29 is 4.42 Å². The first-order valence-electron chi connectivity index (χ1n) is 7.40. The number of hydrogen-bond acceptors (Lipinski definition) is 4. The third kappa shape index (κ3) is 2.09. The van der Waals surface area contributed by atoms with Crippen LogP contribution in [0.25, 0.3) is 11.1 Å². The quantitative estimate of drug-likeness (QED) is 0.734. The Morgan fingerprint density at radius 1 is 1.24 bits per heavy atom. The van der Waals surface area contributed by atoms with Crippen molar-refractivity contribution in [3.8, 4) is 0 Å². The fraction of sp³-hybridized carbons (Fsp3) is 0.375. The molecule has 5 heteroatoms. The van der Waals surface area contributed by atoms with Crippen molar-refractivity contribution in [2.75, 3.05) is 5.73 Å². The van der Waals surface area contributed by atoms with E-state index in [1.807, 2.05) is 18.2 Å². The maximum Gasteiger partial charge on any atom is 0.215 e. The van der Waals surface area contributed by atoms with Crippen molar-refractivity contribution in [1.29, 1.82) is 0 Å². The average molecular weight is 282 g/mol. The molecule has 4 rings (SSSR count). The first-order valence-corrected chi connectivity index (χ1v) is 7.40. The van der Waals surface area contributed by atoms with Crippen LogP contribution in [0.4, 0.5) is 5.69 Å². The summed E-state index contributed by atoms with van der Waals surface area (Å²) in [5.74, 6) is 1.76. The van der Waals surface area contributed by atoms with Crippen molar-refractivity contribution in [2.24, 2.45) is 0 Å². The lowest BCUT2D eigenvalue weighted by molar-refractivity contribution is 0.495. The van der Waals surface area contributed by atoms with Gasteiger partial charge in [0.2, 0.25) is 5.89 Å². The Balaban J connectivity index is 1.73. The van der Waals surface area contributed by atoms with Gasteiger partial charge in [-0.05, 0) is 44.7 Å². The molecule has 0 saturated carbocycles. The molecule has 0 amide bonds. The number of imidazole rings is 1. The standard InChI is InChI=1S/C16H18N4O/c1-10-18-12-4-2-3-5-14(12)20(10)9-16-19-13-7-6-11(17)8-15(13)21-16/h6-8H,2-5,9,17H2,1H3. The van der Waals surface area contributed by atoms with Crippen LogP contribution in [0.1, 0.15) is 35.9 Å². The summed E-state index contributed by atoms with van der Waals surface area (Å²) in [4.78, 5) is 9.24. The van der Waals surface area contributed by atoms with E-state index in [2.05, 4.69) is 21.5 Å². The number of aryl methyl sites for hydroxylation is 2. The van der Waals surface area contributed by atoms with Gasteiger partial charge in [0.1, 0.15) is 17.9 Å². The Morgan fingerprint density at radius 3 is 3.00 bits per heavy atom. The lowest BCUT2D eigenvalue weighted by atomic mass is 10.0. The molecule has 1 aliphatic rings. The van der Waals surface area contributed by atoms with E-state index in [4.69, 9.17) is 10.2 Å². The van der Waals surface area contributed by atoms with Crippen LogP contribution in [-0.2, 0) is 19.4 Å². The van der Waals surface area contributed by atoms with Crippen LogP contribution in [0, 0.1) is 6.92 Å². The van der Waals surface area contributed by atoms with Crippen LogP contribution in [0.5, 0.6) is 0 Å². The van der Waals surface area contributed by atoms with Crippen LogP contribution in [0.2, 0.25) is 0 Å². The Morgan fingerprint density at radius 2 is 2.10 bits per heavy atom. The second-order valence-corrected chi connectivity index (χ2v) is 5.68. The highest BCUT2D eigenvalue weighted by molar-refractivity contribution is 5.76. The molecule has 2 aromatic heterocycles. The van der Waals surface area contributed by atoms with Gasteiger partial charge < -0.3 is 14.7 Å². The Kier molecular flexibility index (Phi) is 2.74. The lowest BCUT2D eigenvalue weighted by Crippen LogP contribution is -2.10. The summed E-state index contributed by atoms with van der Waals surface area (Å²) in [6.07, 6.45) is 4.67. The van der Waals surface area contributed by atoms with E-state index >= 15 is 0 Å². The van der Waals surface area contributed by atoms with Crippen molar-refractivity contribution in [3.63, 3.8) is 0 Å². The van der Waals surface area contributed by atoms with E-state index < -0.39 is 0 Å². The minimum absolute atomic E-state index is 0.642. The molecule has 0 radical (unpaired) electrons. The number of nitrogens with zero attached hydrogens (tertiary/aromatic N) is 3. The van der Waals surface area contributed by atoms with E-state index in [-0.39, 0.29) is 0 Å². The number of aromatic nitrogens is 3. The normalized spacial score (nSPS) is 14.5. The Hall–Kier alpha value is -2.30. The van der Waals surface area contributed by atoms with Crippen LogP contribution in [-0.4, -0.2) is 14.5 Å². The summed E-state index contributed by atoms with van der Waals surface area (Å²) < 4.78 is 8.07. The summed E-state index contributed by atoms with van der Waals surface area (Å²) in [6, 6.07) is 5.56. The molecule has 1 aliphatic carbocycles. The van der Waals surface area contributed by atoms with Crippen LogP contribution < -0.4 is 5.73 Å². The second kappa shape index (κ2) is 4.62. The molecule has 0 aliphatic heterocycles. The summed E-state index contributed by atoms with van der Waals surface area (Å²) in [7, 11) is 0. The molecule has 21 heavy (non-hydrogen) atoms. The molecule has 0 fully saturated rings. The van der Waals surface area contributed by atoms with Gasteiger partial charge in [-0.3, -0.25) is 0 Å². The van der Waals surface area contributed by atoms with Gasteiger partial charge in [0.25, 0.3) is 0 Å². The Labute approximate surface area is 122 Å². The van der Waals surface area contributed by atoms with Crippen LogP contribution >= 0.6 is 0 Å². The maximum absolute atomic E-state index is 5.83. The molecule has 0 spiro atoms. The van der Waals surface area contributed by atoms with Gasteiger partial charge in [0.15, 0.2) is 5.58 Å². The zero-order chi connectivity index (χ0) is 14.4. The molecule has 0 bridgehead atoms. The number of hydrogen-bond donors (Lipinski definition) is 1. The fourth-order valence-corrected chi connectivity index (χ4v) is 3.14. The van der Waals surface area contributed by atoms with Gasteiger partial charge in [-0.1, -0.05) is 0 Å². The van der Waals surface area contributed by atoms with Crippen molar-refractivity contribution in [3.05, 3.63) is 41.3 Å². The lowest BCUT2D eigenvalue weighted by Gasteiger charge is -2.13. The molecule has 0 saturated heterocycles. The molecule has 3 aromatic rings. The zero-order valence-corrected chi connectivity index (χ0v) is 12.1. The van der Waals surface area contributed by atoms with Crippen molar-refractivity contribution >= 4 is 16.8 Å². The van der Waals surface area contributed by atoms with Crippen molar-refractivity contribution in [2.45, 2.75) is 39.2 Å². The summed E-state index contributed by atoms with van der Waals surface area (Å²) in [5.41, 5.74) is 10.7. The smallest absolute Gasteiger partial charge is 0.215 e. The summed E-state index contributed by atoms with van der Waals surface area (Å²) >= 11 is 0. The van der Waals surface area contributed by atoms with Gasteiger partial charge in [0, 0.05) is 17.4 Å². The second-order valence-electron chi connectivity index (χ2n) is 5.68. The van der Waals surface area contributed by atoms with Crippen molar-refractivity contribution in [1.82, 2.24) is 14.5 Å². The van der Waals surface area contributed by atoms with Gasteiger partial charge in [-0.15, -0.1) is 0 Å². The van der Waals surface area contributed by atoms with Crippen LogP contribution in [0.15, 0.2) is 22.6 Å². The molecule has 2 heterocycles. The first kappa shape index (κ1) is 12.4. The highest BCUT2D eigenvalue weighted by atomic mass is 16.3. The van der Waals surface area contributed by atoms with Crippen LogP contribution in [0.3, 0.4) is 0 Å². The van der Waals surface area contributed by atoms with E-state index in [0.29, 0.717) is 18.1 Å². The average Bonchev–Trinajstić information content (AvgIpc) is 3.00.